The average Bonchev–Trinajstić information content (AvgIpc) is 3.15. The summed E-state index contributed by atoms with van der Waals surface area (Å²) in [5, 5.41) is 11.8. The van der Waals surface area contributed by atoms with Crippen molar-refractivity contribution in [2.75, 3.05) is 5.32 Å². The fourth-order valence-corrected chi connectivity index (χ4v) is 4.05. The largest absolute Gasteiger partial charge is 0.360 e. The summed E-state index contributed by atoms with van der Waals surface area (Å²) in [5.74, 6) is 0.712. The third kappa shape index (κ3) is 4.15. The number of benzene rings is 1. The Bertz CT molecular complexity index is 1100. The second-order valence-corrected chi connectivity index (χ2v) is 8.78. The third-order valence-electron chi connectivity index (χ3n) is 3.86. The monoisotopic (exact) mass is 409 g/mol. The molecular formula is C16H19N5O4S2. The zero-order valence-corrected chi connectivity index (χ0v) is 16.6. The highest BCUT2D eigenvalue weighted by atomic mass is 32.2. The number of primary sulfonamides is 1. The molecular weight excluding hydrogens is 390 g/mol. The van der Waals surface area contributed by atoms with E-state index in [2.05, 4.69) is 15.5 Å². The van der Waals surface area contributed by atoms with Gasteiger partial charge in [0.25, 0.3) is 0 Å². The van der Waals surface area contributed by atoms with E-state index in [0.717, 1.165) is 5.52 Å². The Balaban J connectivity index is 1.85. The van der Waals surface area contributed by atoms with Crippen LogP contribution in [0.3, 0.4) is 0 Å². The molecule has 0 aliphatic rings. The molecule has 0 saturated carbocycles. The molecule has 1 amide bonds. The second kappa shape index (κ2) is 7.33. The third-order valence-corrected chi connectivity index (χ3v) is 5.86. The van der Waals surface area contributed by atoms with E-state index in [1.54, 1.807) is 26.0 Å². The minimum Gasteiger partial charge on any atom is -0.360 e. The molecule has 0 aliphatic carbocycles. The van der Waals surface area contributed by atoms with Crippen molar-refractivity contribution in [3.63, 3.8) is 0 Å². The lowest BCUT2D eigenvalue weighted by atomic mass is 10.3. The van der Waals surface area contributed by atoms with E-state index in [1.165, 1.54) is 23.9 Å². The maximum absolute atomic E-state index is 12.4. The van der Waals surface area contributed by atoms with Crippen molar-refractivity contribution in [3.05, 3.63) is 30.0 Å². The molecule has 9 nitrogen and oxygen atoms in total. The van der Waals surface area contributed by atoms with E-state index in [-0.39, 0.29) is 10.8 Å². The Morgan fingerprint density at radius 1 is 1.41 bits per heavy atom. The molecule has 0 bridgehead atoms. The number of amides is 1. The van der Waals surface area contributed by atoms with Crippen LogP contribution in [0.15, 0.2) is 38.8 Å². The molecule has 2 heterocycles. The first kappa shape index (κ1) is 19.4. The number of rotatable bonds is 6. The number of nitrogens with one attached hydrogen (secondary N) is 1. The molecule has 0 spiro atoms. The van der Waals surface area contributed by atoms with Gasteiger partial charge in [0.1, 0.15) is 5.76 Å². The van der Waals surface area contributed by atoms with Crippen LogP contribution in [-0.2, 0) is 21.4 Å². The minimum absolute atomic E-state index is 0.000466. The average molecular weight is 409 g/mol. The van der Waals surface area contributed by atoms with Gasteiger partial charge in [-0.3, -0.25) is 4.79 Å². The number of aryl methyl sites for hydroxylation is 2. The van der Waals surface area contributed by atoms with Gasteiger partial charge >= 0.3 is 0 Å². The van der Waals surface area contributed by atoms with Gasteiger partial charge in [0.2, 0.25) is 15.9 Å². The number of thioether (sulfide) groups is 1. The number of carbonyl (C=O) groups is 1. The molecule has 0 fully saturated rings. The molecule has 1 aromatic carbocycles. The minimum atomic E-state index is -3.81. The SMILES string of the molecule is CCn1c(S[C@@H](C)C(=O)Nc2cc(C)on2)nc2cc(S(N)(=O)=O)ccc21. The lowest BCUT2D eigenvalue weighted by molar-refractivity contribution is -0.115. The van der Waals surface area contributed by atoms with E-state index in [9.17, 15) is 13.2 Å². The summed E-state index contributed by atoms with van der Waals surface area (Å²) in [5.41, 5.74) is 1.28. The predicted octanol–water partition coefficient (Wildman–Crippen LogP) is 2.12. The number of nitrogens with two attached hydrogens (primary N) is 1. The summed E-state index contributed by atoms with van der Waals surface area (Å²) >= 11 is 1.27. The Morgan fingerprint density at radius 3 is 2.74 bits per heavy atom. The topological polar surface area (TPSA) is 133 Å². The highest BCUT2D eigenvalue weighted by molar-refractivity contribution is 8.00. The van der Waals surface area contributed by atoms with E-state index in [0.29, 0.717) is 28.8 Å². The van der Waals surface area contributed by atoms with Crippen molar-refractivity contribution in [2.45, 2.75) is 42.6 Å². The van der Waals surface area contributed by atoms with Crippen molar-refractivity contribution in [1.82, 2.24) is 14.7 Å². The highest BCUT2D eigenvalue weighted by Crippen LogP contribution is 2.29. The molecule has 1 atom stereocenters. The summed E-state index contributed by atoms with van der Waals surface area (Å²) in [6, 6.07) is 6.18. The van der Waals surface area contributed by atoms with Crippen LogP contribution in [0.4, 0.5) is 5.82 Å². The van der Waals surface area contributed by atoms with Crippen LogP contribution in [0.1, 0.15) is 19.6 Å². The van der Waals surface area contributed by atoms with E-state index < -0.39 is 15.3 Å². The number of carbonyl (C=O) groups excluding carboxylic acids is 1. The Hall–Kier alpha value is -2.37. The number of hydrogen-bond acceptors (Lipinski definition) is 7. The molecule has 144 valence electrons. The lowest BCUT2D eigenvalue weighted by Crippen LogP contribution is -2.23. The summed E-state index contributed by atoms with van der Waals surface area (Å²) in [6.45, 7) is 6.05. The first-order valence-corrected chi connectivity index (χ1v) is 10.6. The first-order valence-electron chi connectivity index (χ1n) is 8.13. The van der Waals surface area contributed by atoms with E-state index in [4.69, 9.17) is 9.66 Å². The molecule has 3 aromatic rings. The highest BCUT2D eigenvalue weighted by Gasteiger charge is 2.21. The number of sulfonamides is 1. The second-order valence-electron chi connectivity index (χ2n) is 5.91. The quantitative estimate of drug-likeness (QED) is 0.596. The van der Waals surface area contributed by atoms with Crippen molar-refractivity contribution in [3.8, 4) is 0 Å². The lowest BCUT2D eigenvalue weighted by Gasteiger charge is -2.11. The van der Waals surface area contributed by atoms with E-state index in [1.807, 2.05) is 11.5 Å². The van der Waals surface area contributed by atoms with Gasteiger partial charge in [0.15, 0.2) is 11.0 Å². The van der Waals surface area contributed by atoms with Crippen LogP contribution < -0.4 is 10.5 Å². The summed E-state index contributed by atoms with van der Waals surface area (Å²) in [6.07, 6.45) is 0. The fourth-order valence-electron chi connectivity index (χ4n) is 2.52. The molecule has 2 aromatic heterocycles. The first-order chi connectivity index (χ1) is 12.7. The number of anilines is 1. The number of imidazole rings is 1. The maximum atomic E-state index is 12.4. The van der Waals surface area contributed by atoms with E-state index >= 15 is 0 Å². The predicted molar refractivity (Wildman–Crippen MR) is 102 cm³/mol. The van der Waals surface area contributed by atoms with Gasteiger partial charge in [-0.25, -0.2) is 18.5 Å². The van der Waals surface area contributed by atoms with Gasteiger partial charge in [-0.15, -0.1) is 0 Å². The van der Waals surface area contributed by atoms with Crippen LogP contribution in [0.25, 0.3) is 11.0 Å². The van der Waals surface area contributed by atoms with Gasteiger partial charge in [-0.05, 0) is 39.0 Å². The summed E-state index contributed by atoms with van der Waals surface area (Å²) in [7, 11) is -3.81. The number of nitrogens with zero attached hydrogens (tertiary/aromatic N) is 3. The van der Waals surface area contributed by atoms with Gasteiger partial charge < -0.3 is 14.4 Å². The summed E-state index contributed by atoms with van der Waals surface area (Å²) in [4.78, 5) is 16.9. The van der Waals surface area contributed by atoms with Crippen molar-refractivity contribution < 1.29 is 17.7 Å². The number of hydrogen-bond donors (Lipinski definition) is 2. The van der Waals surface area contributed by atoms with Crippen LogP contribution >= 0.6 is 11.8 Å². The molecule has 27 heavy (non-hydrogen) atoms. The van der Waals surface area contributed by atoms with Crippen molar-refractivity contribution >= 4 is 44.5 Å². The molecule has 11 heteroatoms. The Labute approximate surface area is 160 Å². The van der Waals surface area contributed by atoms with Crippen molar-refractivity contribution in [1.29, 1.82) is 0 Å². The summed E-state index contributed by atoms with van der Waals surface area (Å²) < 4.78 is 29.9. The van der Waals surface area contributed by atoms with Gasteiger partial charge in [-0.2, -0.15) is 0 Å². The maximum Gasteiger partial charge on any atom is 0.238 e. The molecule has 0 saturated heterocycles. The fraction of sp³-hybridized carbons (Fsp3) is 0.312. The van der Waals surface area contributed by atoms with Crippen LogP contribution in [0.2, 0.25) is 0 Å². The molecule has 0 unspecified atom stereocenters. The number of aromatic nitrogens is 3. The molecule has 3 N–H and O–H groups in total. The smallest absolute Gasteiger partial charge is 0.238 e. The van der Waals surface area contributed by atoms with Crippen LogP contribution in [-0.4, -0.2) is 34.3 Å². The van der Waals surface area contributed by atoms with Gasteiger partial charge in [0.05, 0.1) is 21.2 Å². The zero-order chi connectivity index (χ0) is 19.8. The van der Waals surface area contributed by atoms with Crippen LogP contribution in [0, 0.1) is 6.92 Å². The Morgan fingerprint density at radius 2 is 2.15 bits per heavy atom. The standard InChI is InChI=1S/C16H19N5O4S2/c1-4-21-13-6-5-11(27(17,23)24)8-12(13)18-16(21)26-10(3)15(22)19-14-7-9(2)25-20-14/h5-8,10H,4H2,1-3H3,(H2,17,23,24)(H,19,20,22)/t10-/m0/s1. The normalized spacial score (nSPS) is 13.0. The number of fused-ring (bicyclic) bond motifs is 1. The van der Waals surface area contributed by atoms with Gasteiger partial charge in [-0.1, -0.05) is 16.9 Å². The van der Waals surface area contributed by atoms with Crippen molar-refractivity contribution in [2.24, 2.45) is 5.14 Å². The molecule has 3 rings (SSSR count). The molecule has 0 radical (unpaired) electrons. The van der Waals surface area contributed by atoms with Crippen LogP contribution in [0.5, 0.6) is 0 Å². The van der Waals surface area contributed by atoms with Gasteiger partial charge in [0, 0.05) is 12.6 Å². The molecule has 0 aliphatic heterocycles. The zero-order valence-electron chi connectivity index (χ0n) is 15.0. The Kier molecular flexibility index (Phi) is 5.27.